The average Bonchev–Trinajstić information content (AvgIpc) is 3.24. The number of aliphatic imine (C=N–C) groups is 1. The minimum Gasteiger partial charge on any atom is -0.497 e. The maximum absolute atomic E-state index is 5.35. The van der Waals surface area contributed by atoms with E-state index in [1.165, 1.54) is 0 Å². The summed E-state index contributed by atoms with van der Waals surface area (Å²) < 4.78 is 10.6. The van der Waals surface area contributed by atoms with Crippen molar-refractivity contribution < 1.29 is 9.15 Å². The molecule has 4 rings (SSSR count). The highest BCUT2D eigenvalue weighted by Crippen LogP contribution is 2.24. The monoisotopic (exact) mass is 429 g/mol. The van der Waals surface area contributed by atoms with Crippen LogP contribution in [0, 0.1) is 11.8 Å². The van der Waals surface area contributed by atoms with E-state index in [0.717, 1.165) is 28.1 Å². The molecule has 4 aromatic rings. The number of rotatable bonds is 5. The van der Waals surface area contributed by atoms with Gasteiger partial charge in [-0.2, -0.15) is 0 Å². The molecule has 0 radical (unpaired) electrons. The van der Waals surface area contributed by atoms with E-state index in [2.05, 4.69) is 20.4 Å². The molecule has 0 spiro atoms. The Morgan fingerprint density at radius 1 is 1.00 bits per heavy atom. The van der Waals surface area contributed by atoms with Gasteiger partial charge < -0.3 is 9.15 Å². The summed E-state index contributed by atoms with van der Waals surface area (Å²) in [4.78, 5) is 4.94. The van der Waals surface area contributed by atoms with Gasteiger partial charge in [0, 0.05) is 11.1 Å². The van der Waals surface area contributed by atoms with E-state index in [9.17, 15) is 0 Å². The molecule has 7 nitrogen and oxygen atoms in total. The number of hydrogen-bond donors (Lipinski definition) is 1. The molecule has 1 aromatic heterocycles. The van der Waals surface area contributed by atoms with Crippen molar-refractivity contribution in [1.29, 1.82) is 0 Å². The Kier molecular flexibility index (Phi) is 6.09. The van der Waals surface area contributed by atoms with Crippen LogP contribution in [-0.4, -0.2) is 23.1 Å². The Balaban J connectivity index is 1.69. The molecule has 31 heavy (non-hydrogen) atoms. The molecule has 0 unspecified atom stereocenters. The standard InChI is InChI=1S/C23H19N5O2S/c1-15-5-3-4-6-20(15)25-26-21(16-9-13-19(29-2)14-10-16)24-18-11-7-17(8-12-18)22-27-28-23(31)30-22/h3-14H,1-2H3,(H,28,31). The molecular formula is C23H19N5O2S. The van der Waals surface area contributed by atoms with Crippen LogP contribution in [0.4, 0.5) is 11.4 Å². The summed E-state index contributed by atoms with van der Waals surface area (Å²) in [6, 6.07) is 22.8. The first-order valence-corrected chi connectivity index (χ1v) is 9.89. The number of ether oxygens (including phenoxy) is 1. The zero-order valence-electron chi connectivity index (χ0n) is 16.9. The van der Waals surface area contributed by atoms with Gasteiger partial charge in [0.2, 0.25) is 5.89 Å². The number of azo groups is 1. The van der Waals surface area contributed by atoms with Crippen molar-refractivity contribution in [2.24, 2.45) is 15.2 Å². The lowest BCUT2D eigenvalue weighted by Crippen LogP contribution is -1.96. The summed E-state index contributed by atoms with van der Waals surface area (Å²) in [5.74, 6) is 1.67. The fourth-order valence-corrected chi connectivity index (χ4v) is 2.94. The van der Waals surface area contributed by atoms with Gasteiger partial charge in [0.05, 0.1) is 18.5 Å². The summed E-state index contributed by atoms with van der Waals surface area (Å²) in [6.07, 6.45) is 0. The number of aromatic amines is 1. The third-order valence-corrected chi connectivity index (χ3v) is 4.68. The van der Waals surface area contributed by atoms with E-state index >= 15 is 0 Å². The van der Waals surface area contributed by atoms with Crippen molar-refractivity contribution in [3.63, 3.8) is 0 Å². The lowest BCUT2D eigenvalue weighted by atomic mass is 10.2. The lowest BCUT2D eigenvalue weighted by Gasteiger charge is -2.04. The summed E-state index contributed by atoms with van der Waals surface area (Å²) in [7, 11) is 1.63. The fourth-order valence-electron chi connectivity index (χ4n) is 2.82. The zero-order valence-corrected chi connectivity index (χ0v) is 17.8. The Bertz CT molecular complexity index is 1290. The first-order valence-electron chi connectivity index (χ1n) is 9.49. The molecule has 0 saturated carbocycles. The topological polar surface area (TPSA) is 88.1 Å². The second-order valence-corrected chi connectivity index (χ2v) is 6.99. The Hall–Kier alpha value is -3.91. The van der Waals surface area contributed by atoms with Gasteiger partial charge in [0.25, 0.3) is 4.84 Å². The Morgan fingerprint density at radius 3 is 2.39 bits per heavy atom. The number of nitrogens with zero attached hydrogens (tertiary/aromatic N) is 4. The van der Waals surface area contributed by atoms with Gasteiger partial charge in [0.1, 0.15) is 5.75 Å². The minimum atomic E-state index is 0.232. The molecule has 0 saturated heterocycles. The molecule has 0 atom stereocenters. The van der Waals surface area contributed by atoms with Crippen LogP contribution in [0.1, 0.15) is 11.1 Å². The number of hydrogen-bond acceptors (Lipinski definition) is 6. The van der Waals surface area contributed by atoms with Crippen LogP contribution in [0.3, 0.4) is 0 Å². The number of nitrogens with one attached hydrogen (secondary N) is 1. The van der Waals surface area contributed by atoms with Crippen LogP contribution in [0.15, 0.2) is 92.4 Å². The van der Waals surface area contributed by atoms with E-state index in [1.54, 1.807) is 7.11 Å². The van der Waals surface area contributed by atoms with E-state index < -0.39 is 0 Å². The molecule has 0 fully saturated rings. The first-order chi connectivity index (χ1) is 15.1. The van der Waals surface area contributed by atoms with E-state index in [-0.39, 0.29) is 4.84 Å². The van der Waals surface area contributed by atoms with Crippen molar-refractivity contribution in [3.05, 3.63) is 88.8 Å². The van der Waals surface area contributed by atoms with Crippen LogP contribution in [-0.2, 0) is 0 Å². The maximum Gasteiger partial charge on any atom is 0.284 e. The molecule has 0 aliphatic rings. The molecule has 0 bridgehead atoms. The predicted molar refractivity (Wildman–Crippen MR) is 122 cm³/mol. The molecule has 1 heterocycles. The summed E-state index contributed by atoms with van der Waals surface area (Å²) in [5.41, 5.74) is 4.15. The molecular weight excluding hydrogens is 410 g/mol. The van der Waals surface area contributed by atoms with Gasteiger partial charge in [-0.3, -0.25) is 0 Å². The van der Waals surface area contributed by atoms with Crippen LogP contribution < -0.4 is 4.74 Å². The summed E-state index contributed by atoms with van der Waals surface area (Å²) in [6.45, 7) is 1.99. The van der Waals surface area contributed by atoms with Crippen LogP contribution in [0.25, 0.3) is 11.5 Å². The highest BCUT2D eigenvalue weighted by atomic mass is 32.1. The van der Waals surface area contributed by atoms with Crippen LogP contribution in [0.5, 0.6) is 5.75 Å². The van der Waals surface area contributed by atoms with Crippen molar-refractivity contribution in [3.8, 4) is 17.2 Å². The van der Waals surface area contributed by atoms with Crippen LogP contribution >= 0.6 is 12.2 Å². The largest absolute Gasteiger partial charge is 0.497 e. The highest BCUT2D eigenvalue weighted by Gasteiger charge is 2.07. The molecule has 0 amide bonds. The summed E-state index contributed by atoms with van der Waals surface area (Å²) in [5, 5.41) is 15.5. The normalized spacial score (nSPS) is 11.7. The van der Waals surface area contributed by atoms with Gasteiger partial charge in [0.15, 0.2) is 5.84 Å². The molecule has 1 N–H and O–H groups in total. The van der Waals surface area contributed by atoms with Crippen molar-refractivity contribution in [2.45, 2.75) is 6.92 Å². The minimum absolute atomic E-state index is 0.232. The second kappa shape index (κ2) is 9.27. The zero-order chi connectivity index (χ0) is 21.6. The average molecular weight is 430 g/mol. The fraction of sp³-hybridized carbons (Fsp3) is 0.0870. The van der Waals surface area contributed by atoms with Crippen LogP contribution in [0.2, 0.25) is 0 Å². The molecule has 8 heteroatoms. The van der Waals surface area contributed by atoms with Crippen molar-refractivity contribution >= 4 is 29.4 Å². The first kappa shape index (κ1) is 20.4. The van der Waals surface area contributed by atoms with Gasteiger partial charge >= 0.3 is 0 Å². The van der Waals surface area contributed by atoms with Gasteiger partial charge in [-0.15, -0.1) is 15.3 Å². The van der Waals surface area contributed by atoms with E-state index in [0.29, 0.717) is 17.4 Å². The Morgan fingerprint density at radius 2 is 1.74 bits per heavy atom. The van der Waals surface area contributed by atoms with Gasteiger partial charge in [-0.1, -0.05) is 18.2 Å². The lowest BCUT2D eigenvalue weighted by molar-refractivity contribution is 0.415. The van der Waals surface area contributed by atoms with E-state index in [1.807, 2.05) is 79.7 Å². The third-order valence-electron chi connectivity index (χ3n) is 4.50. The van der Waals surface area contributed by atoms with Gasteiger partial charge in [-0.25, -0.2) is 10.1 Å². The molecule has 0 aliphatic heterocycles. The number of amidine groups is 1. The highest BCUT2D eigenvalue weighted by molar-refractivity contribution is 7.71. The smallest absolute Gasteiger partial charge is 0.284 e. The number of methoxy groups -OCH3 is 1. The summed E-state index contributed by atoms with van der Waals surface area (Å²) >= 11 is 4.93. The predicted octanol–water partition coefficient (Wildman–Crippen LogP) is 6.58. The SMILES string of the molecule is COc1ccc(C(N=Nc2ccccc2C)=Nc2ccc(-c3n[nH]c(=S)o3)cc2)cc1. The number of aromatic nitrogens is 2. The molecule has 154 valence electrons. The van der Waals surface area contributed by atoms with Crippen molar-refractivity contribution in [1.82, 2.24) is 10.2 Å². The van der Waals surface area contributed by atoms with Gasteiger partial charge in [-0.05, 0) is 79.3 Å². The maximum atomic E-state index is 5.35. The number of benzene rings is 3. The Labute approximate surface area is 184 Å². The quantitative estimate of drug-likeness (QED) is 0.168. The second-order valence-electron chi connectivity index (χ2n) is 6.62. The molecule has 0 aliphatic carbocycles. The molecule has 3 aromatic carbocycles. The van der Waals surface area contributed by atoms with Crippen molar-refractivity contribution in [2.75, 3.05) is 7.11 Å². The number of H-pyrrole nitrogens is 1. The van der Waals surface area contributed by atoms with E-state index in [4.69, 9.17) is 26.4 Å². The third kappa shape index (κ3) is 4.99. The number of aryl methyl sites for hydroxylation is 1.